The van der Waals surface area contributed by atoms with Crippen molar-refractivity contribution in [3.8, 4) is 0 Å². The molecule has 0 aromatic carbocycles. The van der Waals surface area contributed by atoms with E-state index in [9.17, 15) is 0 Å². The van der Waals surface area contributed by atoms with Crippen LogP contribution in [0.5, 0.6) is 0 Å². The molecule has 2 heteroatoms. The Kier molecular flexibility index (Phi) is 2.00. The summed E-state index contributed by atoms with van der Waals surface area (Å²) in [6.45, 7) is 7.88. The molecular weight excluding hydrogens is 124 g/mol. The summed E-state index contributed by atoms with van der Waals surface area (Å²) in [6.07, 6.45) is 2.65. The Balaban J connectivity index is 2.56. The summed E-state index contributed by atoms with van der Waals surface area (Å²) >= 11 is 0. The molecule has 1 aliphatic rings. The van der Waals surface area contributed by atoms with Gasteiger partial charge in [0.2, 0.25) is 0 Å². The normalized spacial score (nSPS) is 17.1. The van der Waals surface area contributed by atoms with Crippen LogP contribution in [-0.4, -0.2) is 11.4 Å². The second kappa shape index (κ2) is 2.78. The predicted octanol–water partition coefficient (Wildman–Crippen LogP) is 2.03. The zero-order chi connectivity index (χ0) is 7.56. The Morgan fingerprint density at radius 1 is 1.50 bits per heavy atom. The first-order valence-electron chi connectivity index (χ1n) is 3.49. The third-order valence-electron chi connectivity index (χ3n) is 1.57. The monoisotopic (exact) mass is 136 g/mol. The van der Waals surface area contributed by atoms with E-state index in [1.165, 1.54) is 0 Å². The molecule has 0 aliphatic carbocycles. The van der Waals surface area contributed by atoms with Crippen LogP contribution < -0.4 is 0 Å². The van der Waals surface area contributed by atoms with Gasteiger partial charge in [-0.2, -0.15) is 10.2 Å². The topological polar surface area (TPSA) is 24.7 Å². The molecule has 0 saturated carbocycles. The van der Waals surface area contributed by atoms with Crippen molar-refractivity contribution in [2.75, 3.05) is 0 Å². The van der Waals surface area contributed by atoms with Crippen LogP contribution in [0.3, 0.4) is 0 Å². The van der Waals surface area contributed by atoms with Crippen molar-refractivity contribution in [2.24, 2.45) is 16.1 Å². The highest BCUT2D eigenvalue weighted by atomic mass is 15.2. The van der Waals surface area contributed by atoms with Gasteiger partial charge in [0, 0.05) is 12.1 Å². The molecule has 0 radical (unpaired) electrons. The fourth-order valence-corrected chi connectivity index (χ4v) is 0.817. The highest BCUT2D eigenvalue weighted by Gasteiger charge is 2.12. The summed E-state index contributed by atoms with van der Waals surface area (Å²) in [7, 11) is 0. The van der Waals surface area contributed by atoms with Crippen LogP contribution in [0.4, 0.5) is 0 Å². The van der Waals surface area contributed by atoms with Crippen LogP contribution in [0, 0.1) is 5.92 Å². The Morgan fingerprint density at radius 3 is 2.50 bits per heavy atom. The SMILES string of the molecule is C=CC1=NN=C(C(C)C)C1. The first-order valence-corrected chi connectivity index (χ1v) is 3.49. The second-order valence-electron chi connectivity index (χ2n) is 2.72. The van der Waals surface area contributed by atoms with Crippen LogP contribution in [0.2, 0.25) is 0 Å². The lowest BCUT2D eigenvalue weighted by molar-refractivity contribution is 0.871. The van der Waals surface area contributed by atoms with Crippen molar-refractivity contribution in [3.05, 3.63) is 12.7 Å². The van der Waals surface area contributed by atoms with Gasteiger partial charge in [-0.3, -0.25) is 0 Å². The van der Waals surface area contributed by atoms with Gasteiger partial charge in [0.05, 0.1) is 5.71 Å². The third kappa shape index (κ3) is 1.32. The van der Waals surface area contributed by atoms with Gasteiger partial charge in [0.15, 0.2) is 0 Å². The van der Waals surface area contributed by atoms with Gasteiger partial charge in [0.25, 0.3) is 0 Å². The minimum Gasteiger partial charge on any atom is -0.159 e. The Morgan fingerprint density at radius 2 is 2.20 bits per heavy atom. The molecule has 0 saturated heterocycles. The largest absolute Gasteiger partial charge is 0.159 e. The molecule has 2 nitrogen and oxygen atoms in total. The smallest absolute Gasteiger partial charge is 0.0681 e. The van der Waals surface area contributed by atoms with E-state index in [-0.39, 0.29) is 0 Å². The maximum atomic E-state index is 4.02. The third-order valence-corrected chi connectivity index (χ3v) is 1.57. The van der Waals surface area contributed by atoms with Gasteiger partial charge in [0.1, 0.15) is 0 Å². The molecule has 1 heterocycles. The van der Waals surface area contributed by atoms with Crippen LogP contribution in [0.15, 0.2) is 22.9 Å². The van der Waals surface area contributed by atoms with E-state index in [4.69, 9.17) is 0 Å². The van der Waals surface area contributed by atoms with Crippen LogP contribution in [-0.2, 0) is 0 Å². The van der Waals surface area contributed by atoms with Crippen molar-refractivity contribution < 1.29 is 0 Å². The van der Waals surface area contributed by atoms with Crippen molar-refractivity contribution >= 4 is 11.4 Å². The number of nitrogens with zero attached hydrogens (tertiary/aromatic N) is 2. The standard InChI is InChI=1S/C8H12N2/c1-4-7-5-8(6(2)3)10-9-7/h4,6H,1,5H2,2-3H3. The number of allylic oxidation sites excluding steroid dienone is 1. The molecule has 54 valence electrons. The van der Waals surface area contributed by atoms with E-state index in [1.54, 1.807) is 6.08 Å². The molecular formula is C8H12N2. The zero-order valence-electron chi connectivity index (χ0n) is 6.46. The molecule has 1 rings (SSSR count). The molecule has 0 fully saturated rings. The summed E-state index contributed by atoms with van der Waals surface area (Å²) in [5.74, 6) is 0.515. The number of hydrogen-bond acceptors (Lipinski definition) is 2. The lowest BCUT2D eigenvalue weighted by Crippen LogP contribution is -2.06. The summed E-state index contributed by atoms with van der Waals surface area (Å²) < 4.78 is 0. The van der Waals surface area contributed by atoms with Gasteiger partial charge in [-0.1, -0.05) is 20.4 Å². The minimum absolute atomic E-state index is 0.515. The van der Waals surface area contributed by atoms with Gasteiger partial charge in [-0.25, -0.2) is 0 Å². The molecule has 1 aliphatic heterocycles. The molecule has 0 amide bonds. The number of rotatable bonds is 2. The van der Waals surface area contributed by atoms with Crippen LogP contribution in [0.1, 0.15) is 20.3 Å². The maximum absolute atomic E-state index is 4.02. The minimum atomic E-state index is 0.515. The molecule has 0 bridgehead atoms. The van der Waals surface area contributed by atoms with E-state index in [0.29, 0.717) is 5.92 Å². The van der Waals surface area contributed by atoms with Gasteiger partial charge in [-0.05, 0) is 12.0 Å². The predicted molar refractivity (Wildman–Crippen MR) is 44.5 cm³/mol. The van der Waals surface area contributed by atoms with E-state index < -0.39 is 0 Å². The first kappa shape index (κ1) is 7.19. The lowest BCUT2D eigenvalue weighted by atomic mass is 10.0. The van der Waals surface area contributed by atoms with Gasteiger partial charge < -0.3 is 0 Å². The zero-order valence-corrected chi connectivity index (χ0v) is 6.46. The molecule has 0 aromatic rings. The van der Waals surface area contributed by atoms with E-state index >= 15 is 0 Å². The lowest BCUT2D eigenvalue weighted by Gasteiger charge is -2.00. The quantitative estimate of drug-likeness (QED) is 0.555. The Bertz CT molecular complexity index is 199. The molecule has 0 unspecified atom stereocenters. The van der Waals surface area contributed by atoms with Gasteiger partial charge in [-0.15, -0.1) is 0 Å². The second-order valence-corrected chi connectivity index (χ2v) is 2.72. The summed E-state index contributed by atoms with van der Waals surface area (Å²) in [5.41, 5.74) is 2.15. The van der Waals surface area contributed by atoms with E-state index in [2.05, 4.69) is 30.6 Å². The molecule has 10 heavy (non-hydrogen) atoms. The summed E-state index contributed by atoms with van der Waals surface area (Å²) in [6, 6.07) is 0. The molecule has 0 N–H and O–H groups in total. The van der Waals surface area contributed by atoms with Crippen molar-refractivity contribution in [1.29, 1.82) is 0 Å². The number of hydrogen-bond donors (Lipinski definition) is 0. The molecule has 0 spiro atoms. The van der Waals surface area contributed by atoms with Gasteiger partial charge >= 0.3 is 0 Å². The summed E-state index contributed by atoms with van der Waals surface area (Å²) in [4.78, 5) is 0. The fourth-order valence-electron chi connectivity index (χ4n) is 0.817. The van der Waals surface area contributed by atoms with Crippen LogP contribution >= 0.6 is 0 Å². The highest BCUT2D eigenvalue weighted by Crippen LogP contribution is 2.10. The molecule has 0 aromatic heterocycles. The maximum Gasteiger partial charge on any atom is 0.0681 e. The fraction of sp³-hybridized carbons (Fsp3) is 0.500. The Hall–Kier alpha value is -0.920. The summed E-state index contributed by atoms with van der Waals surface area (Å²) in [5, 5.41) is 7.96. The average molecular weight is 136 g/mol. The van der Waals surface area contributed by atoms with Crippen LogP contribution in [0.25, 0.3) is 0 Å². The van der Waals surface area contributed by atoms with Crippen molar-refractivity contribution in [2.45, 2.75) is 20.3 Å². The Labute approximate surface area is 61.4 Å². The average Bonchev–Trinajstić information content (AvgIpc) is 2.34. The molecule has 0 atom stereocenters. The van der Waals surface area contributed by atoms with E-state index in [1.807, 2.05) is 0 Å². The van der Waals surface area contributed by atoms with E-state index in [0.717, 1.165) is 17.8 Å². The van der Waals surface area contributed by atoms with Crippen molar-refractivity contribution in [1.82, 2.24) is 0 Å². The van der Waals surface area contributed by atoms with Crippen molar-refractivity contribution in [3.63, 3.8) is 0 Å². The first-order chi connectivity index (χ1) is 4.74. The highest BCUT2D eigenvalue weighted by molar-refractivity contribution is 6.12.